The molecule has 20 heavy (non-hydrogen) atoms. The molecule has 0 fully saturated rings. The lowest BCUT2D eigenvalue weighted by molar-refractivity contribution is 0.0941. The van der Waals surface area contributed by atoms with Gasteiger partial charge in [-0.05, 0) is 38.1 Å². The van der Waals surface area contributed by atoms with Gasteiger partial charge >= 0.3 is 0 Å². The molecule has 4 nitrogen and oxygen atoms in total. The van der Waals surface area contributed by atoms with Crippen LogP contribution in [0.3, 0.4) is 0 Å². The second-order valence-electron chi connectivity index (χ2n) is 4.57. The maximum Gasteiger partial charge on any atom is 0.254 e. The van der Waals surface area contributed by atoms with E-state index in [2.05, 4.69) is 5.32 Å². The summed E-state index contributed by atoms with van der Waals surface area (Å²) in [5, 5.41) is 2.95. The van der Waals surface area contributed by atoms with Crippen molar-refractivity contribution in [2.24, 2.45) is 0 Å². The number of nitrogens with one attached hydrogen (secondary N) is 1. The predicted molar refractivity (Wildman–Crippen MR) is 82.3 cm³/mol. The first-order valence-electron chi connectivity index (χ1n) is 6.32. The molecule has 1 atom stereocenters. The fourth-order valence-electron chi connectivity index (χ4n) is 1.95. The Morgan fingerprint density at radius 2 is 2.10 bits per heavy atom. The van der Waals surface area contributed by atoms with Crippen molar-refractivity contribution in [2.45, 2.75) is 19.9 Å². The molecule has 2 rings (SSSR count). The molecule has 3 N–H and O–H groups in total. The van der Waals surface area contributed by atoms with Crippen molar-refractivity contribution < 1.29 is 9.53 Å². The number of amides is 1. The Hall–Kier alpha value is -2.01. The number of anilines is 1. The van der Waals surface area contributed by atoms with Crippen LogP contribution < -0.4 is 15.8 Å². The molecular weight excluding hydrogens is 272 g/mol. The normalized spacial score (nSPS) is 11.9. The number of rotatable bonds is 4. The van der Waals surface area contributed by atoms with Crippen molar-refractivity contribution in [3.8, 4) is 5.75 Å². The maximum absolute atomic E-state index is 12.3. The van der Waals surface area contributed by atoms with Gasteiger partial charge in [-0.2, -0.15) is 0 Å². The highest BCUT2D eigenvalue weighted by Gasteiger charge is 2.16. The van der Waals surface area contributed by atoms with Crippen LogP contribution in [0.2, 0.25) is 0 Å². The standard InChI is InChI=1S/C15H18N2O2S/c1-9-7-8-13(20-9)10(2)17-15(18)11-5-4-6-12(19-3)14(11)16/h4-8,10H,16H2,1-3H3,(H,17,18). The van der Waals surface area contributed by atoms with Crippen LogP contribution >= 0.6 is 11.3 Å². The predicted octanol–water partition coefficient (Wildman–Crippen LogP) is 3.14. The van der Waals surface area contributed by atoms with E-state index in [0.717, 1.165) is 4.88 Å². The van der Waals surface area contributed by atoms with E-state index in [4.69, 9.17) is 10.5 Å². The van der Waals surface area contributed by atoms with E-state index >= 15 is 0 Å². The topological polar surface area (TPSA) is 64.3 Å². The van der Waals surface area contributed by atoms with Gasteiger partial charge in [0.25, 0.3) is 5.91 Å². The average Bonchev–Trinajstić information content (AvgIpc) is 2.85. The number of aryl methyl sites for hydroxylation is 1. The molecule has 0 saturated carbocycles. The van der Waals surface area contributed by atoms with E-state index < -0.39 is 0 Å². The first kappa shape index (κ1) is 14.4. The molecule has 0 radical (unpaired) electrons. The Morgan fingerprint density at radius 1 is 1.35 bits per heavy atom. The molecule has 0 spiro atoms. The van der Waals surface area contributed by atoms with E-state index in [1.165, 1.54) is 12.0 Å². The first-order chi connectivity index (χ1) is 9.52. The number of para-hydroxylation sites is 1. The number of benzene rings is 1. The molecule has 0 bridgehead atoms. The van der Waals surface area contributed by atoms with Gasteiger partial charge < -0.3 is 15.8 Å². The Bertz CT molecular complexity index is 622. The minimum atomic E-state index is -0.194. The van der Waals surface area contributed by atoms with Crippen LogP contribution in [0.5, 0.6) is 5.75 Å². The summed E-state index contributed by atoms with van der Waals surface area (Å²) in [6.45, 7) is 4.00. The Kier molecular flexibility index (Phi) is 4.29. The SMILES string of the molecule is COc1cccc(C(=O)NC(C)c2ccc(C)s2)c1N. The van der Waals surface area contributed by atoms with Gasteiger partial charge in [0.2, 0.25) is 0 Å². The summed E-state index contributed by atoms with van der Waals surface area (Å²) in [6, 6.07) is 9.20. The van der Waals surface area contributed by atoms with Crippen LogP contribution in [-0.2, 0) is 0 Å². The zero-order valence-electron chi connectivity index (χ0n) is 11.8. The summed E-state index contributed by atoms with van der Waals surface area (Å²) >= 11 is 1.67. The van der Waals surface area contributed by atoms with Crippen LogP contribution in [0, 0.1) is 6.92 Å². The van der Waals surface area contributed by atoms with E-state index in [1.807, 2.05) is 26.0 Å². The largest absolute Gasteiger partial charge is 0.495 e. The lowest BCUT2D eigenvalue weighted by Crippen LogP contribution is -2.27. The van der Waals surface area contributed by atoms with E-state index in [1.54, 1.807) is 29.5 Å². The Labute approximate surface area is 122 Å². The van der Waals surface area contributed by atoms with Crippen LogP contribution in [0.15, 0.2) is 30.3 Å². The summed E-state index contributed by atoms with van der Waals surface area (Å²) in [7, 11) is 1.53. The van der Waals surface area contributed by atoms with Gasteiger partial charge in [0.05, 0.1) is 24.4 Å². The van der Waals surface area contributed by atoms with Gasteiger partial charge in [0.15, 0.2) is 0 Å². The second kappa shape index (κ2) is 5.96. The third-order valence-corrected chi connectivity index (χ3v) is 4.25. The van der Waals surface area contributed by atoms with Gasteiger partial charge in [0.1, 0.15) is 5.75 Å². The number of hydrogen-bond donors (Lipinski definition) is 2. The molecule has 1 aromatic heterocycles. The number of nitrogens with two attached hydrogens (primary N) is 1. The number of hydrogen-bond acceptors (Lipinski definition) is 4. The second-order valence-corrected chi connectivity index (χ2v) is 5.88. The zero-order chi connectivity index (χ0) is 14.7. The molecule has 5 heteroatoms. The summed E-state index contributed by atoms with van der Waals surface area (Å²) in [5.74, 6) is 0.317. The molecule has 1 amide bonds. The lowest BCUT2D eigenvalue weighted by atomic mass is 10.1. The zero-order valence-corrected chi connectivity index (χ0v) is 12.6. The number of carbonyl (C=O) groups excluding carboxylic acids is 1. The van der Waals surface area contributed by atoms with E-state index in [-0.39, 0.29) is 11.9 Å². The van der Waals surface area contributed by atoms with Gasteiger partial charge in [-0.25, -0.2) is 0 Å². The number of nitrogen functional groups attached to an aromatic ring is 1. The Morgan fingerprint density at radius 3 is 2.70 bits per heavy atom. The molecular formula is C15H18N2O2S. The van der Waals surface area contributed by atoms with Gasteiger partial charge in [-0.3, -0.25) is 4.79 Å². The summed E-state index contributed by atoms with van der Waals surface area (Å²) < 4.78 is 5.13. The number of thiophene rings is 1. The fraction of sp³-hybridized carbons (Fsp3) is 0.267. The molecule has 0 aliphatic rings. The fourth-order valence-corrected chi connectivity index (χ4v) is 2.83. The van der Waals surface area contributed by atoms with E-state index in [9.17, 15) is 4.79 Å². The van der Waals surface area contributed by atoms with Crippen LogP contribution in [0.1, 0.15) is 33.1 Å². The molecule has 1 unspecified atom stereocenters. The minimum absolute atomic E-state index is 0.0493. The highest BCUT2D eigenvalue weighted by atomic mass is 32.1. The van der Waals surface area contributed by atoms with Crippen LogP contribution in [0.4, 0.5) is 5.69 Å². The van der Waals surface area contributed by atoms with Gasteiger partial charge in [-0.1, -0.05) is 6.07 Å². The lowest BCUT2D eigenvalue weighted by Gasteiger charge is -2.14. The van der Waals surface area contributed by atoms with Crippen molar-refractivity contribution in [2.75, 3.05) is 12.8 Å². The van der Waals surface area contributed by atoms with Gasteiger partial charge in [-0.15, -0.1) is 11.3 Å². The van der Waals surface area contributed by atoms with Crippen LogP contribution in [0.25, 0.3) is 0 Å². The molecule has 0 aliphatic heterocycles. The average molecular weight is 290 g/mol. The van der Waals surface area contributed by atoms with Gasteiger partial charge in [0, 0.05) is 9.75 Å². The monoisotopic (exact) mass is 290 g/mol. The first-order valence-corrected chi connectivity index (χ1v) is 7.14. The number of carbonyl (C=O) groups is 1. The third-order valence-electron chi connectivity index (χ3n) is 3.07. The molecule has 1 heterocycles. The third kappa shape index (κ3) is 2.93. The highest BCUT2D eigenvalue weighted by Crippen LogP contribution is 2.26. The summed E-state index contributed by atoms with van der Waals surface area (Å²) in [6.07, 6.45) is 0. The van der Waals surface area contributed by atoms with Crippen molar-refractivity contribution in [1.29, 1.82) is 0 Å². The Balaban J connectivity index is 2.16. The quantitative estimate of drug-likeness (QED) is 0.850. The van der Waals surface area contributed by atoms with E-state index in [0.29, 0.717) is 17.0 Å². The smallest absolute Gasteiger partial charge is 0.254 e. The number of ether oxygens (including phenoxy) is 1. The number of methoxy groups -OCH3 is 1. The molecule has 0 saturated heterocycles. The van der Waals surface area contributed by atoms with Crippen molar-refractivity contribution in [3.63, 3.8) is 0 Å². The highest BCUT2D eigenvalue weighted by molar-refractivity contribution is 7.12. The molecule has 0 aliphatic carbocycles. The molecule has 1 aromatic carbocycles. The maximum atomic E-state index is 12.3. The van der Waals surface area contributed by atoms with Crippen molar-refractivity contribution in [3.05, 3.63) is 45.6 Å². The summed E-state index contributed by atoms with van der Waals surface area (Å²) in [5.41, 5.74) is 6.73. The summed E-state index contributed by atoms with van der Waals surface area (Å²) in [4.78, 5) is 14.6. The molecule has 2 aromatic rings. The minimum Gasteiger partial charge on any atom is -0.495 e. The van der Waals surface area contributed by atoms with Crippen molar-refractivity contribution in [1.82, 2.24) is 5.32 Å². The van der Waals surface area contributed by atoms with Crippen molar-refractivity contribution >= 4 is 22.9 Å². The van der Waals surface area contributed by atoms with Crippen LogP contribution in [-0.4, -0.2) is 13.0 Å². The molecule has 106 valence electrons.